The molecule has 8 rings (SSSR count). The fourth-order valence-corrected chi connectivity index (χ4v) is 8.31. The number of nitrogens with one attached hydrogen (secondary N) is 2. The number of imide groups is 1. The average molecular weight is 849 g/mol. The molecule has 14 nitrogen and oxygen atoms in total. The molecule has 0 unspecified atom stereocenters. The molecule has 3 aliphatic heterocycles. The number of carbonyl (C=O) groups is 5. The third kappa shape index (κ3) is 8.93. The van der Waals surface area contributed by atoms with Crippen molar-refractivity contribution in [2.45, 2.75) is 51.4 Å². The number of anilines is 1. The zero-order valence-electron chi connectivity index (χ0n) is 34.0. The van der Waals surface area contributed by atoms with Gasteiger partial charge in [-0.25, -0.2) is 9.18 Å². The van der Waals surface area contributed by atoms with Crippen LogP contribution < -0.4 is 10.2 Å². The Kier molecular flexibility index (Phi) is 12.0. The summed E-state index contributed by atoms with van der Waals surface area (Å²) in [6.07, 6.45) is 7.70. The lowest BCUT2D eigenvalue weighted by Gasteiger charge is -2.32. The maximum Gasteiger partial charge on any atom is 0.328 e. The minimum Gasteiger partial charge on any atom is -0.373 e. The number of hydrogen-bond donors (Lipinski definition) is 2. The zero-order chi connectivity index (χ0) is 42.8. The first-order valence-electron chi connectivity index (χ1n) is 20.4. The van der Waals surface area contributed by atoms with Gasteiger partial charge < -0.3 is 24.4 Å². The van der Waals surface area contributed by atoms with Crippen LogP contribution in [0, 0.1) is 5.82 Å². The van der Waals surface area contributed by atoms with Crippen LogP contribution in [0.5, 0.6) is 0 Å². The minimum absolute atomic E-state index is 0.0306. The van der Waals surface area contributed by atoms with Crippen LogP contribution in [-0.4, -0.2) is 112 Å². The van der Waals surface area contributed by atoms with Crippen LogP contribution in [0.15, 0.2) is 79.1 Å². The van der Waals surface area contributed by atoms with Crippen LogP contribution >= 0.6 is 11.6 Å². The van der Waals surface area contributed by atoms with Crippen LogP contribution in [0.4, 0.5) is 14.9 Å². The Morgan fingerprint density at radius 2 is 1.75 bits per heavy atom. The standard InChI is InChI=1S/C45H46ClFN8O6/c1-51(2)44(59)37-25-35-33(24-34(41(47)42(35)49-37)31-5-3-17-53(26-31)40(57)15-21-54-18-4-16-48-54)29-8-6-28(7-9-29)27-61-32-12-19-52(20-13-32)43(58)30-10-11-36(46)38(23-30)55-22-14-39(56)50-45(55)60/h4-11,16,18,23-25,32,49H,3,12-15,17,19-22,26-27H2,1-2H3,(H,50,56,60). The second-order valence-electron chi connectivity index (χ2n) is 15.7. The number of H-pyrrole nitrogens is 1. The quantitative estimate of drug-likeness (QED) is 0.154. The Morgan fingerprint density at radius 3 is 2.48 bits per heavy atom. The SMILES string of the molecule is CN(C)C(=O)c1cc2c(-c3ccc(COC4CCN(C(=O)c5ccc(Cl)c(N6CCC(=O)NC6=O)c5)CC4)cc3)cc(C3=CCCN(C(=O)CCn4cccn4)C3)c(F)c2[nH]1. The summed E-state index contributed by atoms with van der Waals surface area (Å²) >= 11 is 6.39. The van der Waals surface area contributed by atoms with Crippen LogP contribution in [-0.2, 0) is 27.5 Å². The van der Waals surface area contributed by atoms with Gasteiger partial charge in [0.1, 0.15) is 5.69 Å². The smallest absolute Gasteiger partial charge is 0.328 e. The van der Waals surface area contributed by atoms with Gasteiger partial charge in [0.05, 0.1) is 28.9 Å². The second-order valence-corrected chi connectivity index (χ2v) is 16.1. The number of likely N-dealkylation sites (tertiary alicyclic amines) is 1. The molecule has 2 saturated heterocycles. The molecular formula is C45H46ClFN8O6. The molecule has 2 aromatic heterocycles. The molecule has 6 amide bonds. The Balaban J connectivity index is 0.936. The zero-order valence-corrected chi connectivity index (χ0v) is 34.7. The molecule has 0 atom stereocenters. The molecule has 0 saturated carbocycles. The fraction of sp³-hybridized carbons (Fsp3) is 0.333. The van der Waals surface area contributed by atoms with Gasteiger partial charge >= 0.3 is 6.03 Å². The molecule has 0 spiro atoms. The first-order valence-corrected chi connectivity index (χ1v) is 20.7. The van der Waals surface area contributed by atoms with Crippen molar-refractivity contribution in [2.75, 3.05) is 51.7 Å². The van der Waals surface area contributed by atoms with E-state index >= 15 is 4.39 Å². The summed E-state index contributed by atoms with van der Waals surface area (Å²) < 4.78 is 24.6. The number of nitrogens with zero attached hydrogens (tertiary/aromatic N) is 6. The first-order chi connectivity index (χ1) is 29.4. The summed E-state index contributed by atoms with van der Waals surface area (Å²) in [5.41, 5.74) is 4.86. The molecule has 0 aliphatic carbocycles. The lowest BCUT2D eigenvalue weighted by Crippen LogP contribution is -2.49. The number of halogens is 2. The van der Waals surface area contributed by atoms with E-state index in [1.807, 2.05) is 48.7 Å². The molecule has 316 valence electrons. The second kappa shape index (κ2) is 17.7. The number of aryl methyl sites for hydroxylation is 1. The number of fused-ring (bicyclic) bond motifs is 1. The van der Waals surface area contributed by atoms with Crippen molar-refractivity contribution < 1.29 is 33.1 Å². The van der Waals surface area contributed by atoms with Gasteiger partial charge in [0.15, 0.2) is 5.82 Å². The van der Waals surface area contributed by atoms with E-state index in [1.165, 1.54) is 9.80 Å². The van der Waals surface area contributed by atoms with Gasteiger partial charge in [-0.2, -0.15) is 5.10 Å². The van der Waals surface area contributed by atoms with E-state index in [1.54, 1.807) is 59.0 Å². The highest BCUT2D eigenvalue weighted by Crippen LogP contribution is 2.37. The van der Waals surface area contributed by atoms with Crippen LogP contribution in [0.3, 0.4) is 0 Å². The number of amides is 6. The average Bonchev–Trinajstić information content (AvgIpc) is 3.97. The largest absolute Gasteiger partial charge is 0.373 e. The van der Waals surface area contributed by atoms with E-state index in [4.69, 9.17) is 16.3 Å². The van der Waals surface area contributed by atoms with Gasteiger partial charge in [0.2, 0.25) is 11.8 Å². The van der Waals surface area contributed by atoms with Gasteiger partial charge in [0, 0.05) is 95.1 Å². The number of carbonyl (C=O) groups excluding carboxylic acids is 5. The third-order valence-corrected chi connectivity index (χ3v) is 11.8. The molecule has 5 heterocycles. The van der Waals surface area contributed by atoms with Crippen LogP contribution in [0.1, 0.15) is 64.1 Å². The first kappa shape index (κ1) is 41.4. The molecular weight excluding hydrogens is 803 g/mol. The summed E-state index contributed by atoms with van der Waals surface area (Å²) in [6.45, 7) is 2.77. The van der Waals surface area contributed by atoms with Gasteiger partial charge in [0.25, 0.3) is 11.8 Å². The predicted octanol–water partition coefficient (Wildman–Crippen LogP) is 6.50. The van der Waals surface area contributed by atoms with E-state index in [9.17, 15) is 24.0 Å². The Labute approximate surface area is 356 Å². The van der Waals surface area contributed by atoms with Crippen LogP contribution in [0.2, 0.25) is 5.02 Å². The van der Waals surface area contributed by atoms with Gasteiger partial charge in [-0.05, 0) is 77.9 Å². The molecule has 2 N–H and O–H groups in total. The molecule has 0 bridgehead atoms. The number of urea groups is 1. The molecule has 5 aromatic rings. The fourth-order valence-electron chi connectivity index (χ4n) is 8.09. The minimum atomic E-state index is -0.571. The number of aromatic amines is 1. The van der Waals surface area contributed by atoms with Gasteiger partial charge in [-0.1, -0.05) is 41.9 Å². The van der Waals surface area contributed by atoms with Gasteiger partial charge in [-0.15, -0.1) is 0 Å². The highest BCUT2D eigenvalue weighted by Gasteiger charge is 2.29. The van der Waals surface area contributed by atoms with E-state index in [2.05, 4.69) is 15.4 Å². The lowest BCUT2D eigenvalue weighted by atomic mass is 9.93. The number of hydrogen-bond acceptors (Lipinski definition) is 7. The van der Waals surface area contributed by atoms with Crippen molar-refractivity contribution in [1.29, 1.82) is 0 Å². The summed E-state index contributed by atoms with van der Waals surface area (Å²) in [7, 11) is 3.29. The summed E-state index contributed by atoms with van der Waals surface area (Å²) in [4.78, 5) is 73.2. The van der Waals surface area contributed by atoms with E-state index in [-0.39, 0.29) is 66.9 Å². The molecule has 16 heteroatoms. The van der Waals surface area contributed by atoms with E-state index in [0.717, 1.165) is 16.7 Å². The Morgan fingerprint density at radius 1 is 0.967 bits per heavy atom. The topological polar surface area (TPSA) is 153 Å². The highest BCUT2D eigenvalue weighted by atomic mass is 35.5. The van der Waals surface area contributed by atoms with Crippen molar-refractivity contribution in [1.82, 2.24) is 34.8 Å². The highest BCUT2D eigenvalue weighted by molar-refractivity contribution is 6.34. The maximum atomic E-state index is 16.5. The summed E-state index contributed by atoms with van der Waals surface area (Å²) in [5, 5.41) is 7.36. The van der Waals surface area contributed by atoms with Crippen molar-refractivity contribution in [3.63, 3.8) is 0 Å². The summed E-state index contributed by atoms with van der Waals surface area (Å²) in [5.74, 6) is -1.32. The number of aromatic nitrogens is 3. The number of rotatable bonds is 11. The molecule has 61 heavy (non-hydrogen) atoms. The molecule has 0 radical (unpaired) electrons. The van der Waals surface area contributed by atoms with Crippen molar-refractivity contribution in [3.05, 3.63) is 112 Å². The van der Waals surface area contributed by atoms with Gasteiger partial charge in [-0.3, -0.25) is 34.1 Å². The van der Waals surface area contributed by atoms with Crippen LogP contribution in [0.25, 0.3) is 27.6 Å². The monoisotopic (exact) mass is 848 g/mol. The molecule has 2 fully saturated rings. The predicted molar refractivity (Wildman–Crippen MR) is 228 cm³/mol. The summed E-state index contributed by atoms with van der Waals surface area (Å²) in [6, 6.07) is 17.4. The number of benzene rings is 3. The normalized spacial score (nSPS) is 16.2. The van der Waals surface area contributed by atoms with Crippen molar-refractivity contribution in [2.24, 2.45) is 0 Å². The Hall–Kier alpha value is -6.32. The number of ether oxygens (including phenoxy) is 1. The lowest BCUT2D eigenvalue weighted by molar-refractivity contribution is -0.131. The maximum absolute atomic E-state index is 16.5. The van der Waals surface area contributed by atoms with Crippen molar-refractivity contribution in [3.8, 4) is 11.1 Å². The Bertz CT molecular complexity index is 2530. The number of piperidine rings is 1. The van der Waals surface area contributed by atoms with E-state index < -0.39 is 11.8 Å². The molecule has 3 aromatic carbocycles. The molecule has 3 aliphatic rings. The van der Waals surface area contributed by atoms with Crippen molar-refractivity contribution >= 4 is 63.4 Å². The third-order valence-electron chi connectivity index (χ3n) is 11.5. The van der Waals surface area contributed by atoms with E-state index in [0.29, 0.717) is 84.8 Å².